The summed E-state index contributed by atoms with van der Waals surface area (Å²) in [6.07, 6.45) is -1.28. The van der Waals surface area contributed by atoms with Crippen molar-refractivity contribution in [2.24, 2.45) is 16.2 Å². The van der Waals surface area contributed by atoms with E-state index in [9.17, 15) is 22.8 Å². The van der Waals surface area contributed by atoms with Gasteiger partial charge in [0.25, 0.3) is 0 Å². The van der Waals surface area contributed by atoms with Crippen molar-refractivity contribution in [1.29, 1.82) is 0 Å². The monoisotopic (exact) mass is 551 g/mol. The standard InChI is InChI=1S/C24H25ClF3N7O3/c1-35(23(36)31-11-15-3-2-4-20(28)22(15)25)19(9-18(27)12-32-34-29)13-38-24(37)33-21-8-16-7-17(26)6-5-14(16)10-30-21/h2-8,10,18-19H,9,11-13H2,1H3,(H2,29,32)(H,31,36)(H,30,33,37)/t18?,19-/m0/s1. The van der Waals surface area contributed by atoms with E-state index >= 15 is 0 Å². The maximum atomic E-state index is 14.4. The fourth-order valence-corrected chi connectivity index (χ4v) is 3.68. The number of hydrogen-bond acceptors (Lipinski definition) is 6. The van der Waals surface area contributed by atoms with E-state index in [1.807, 2.05) is 0 Å². The molecule has 0 aliphatic rings. The highest BCUT2D eigenvalue weighted by atomic mass is 35.5. The number of benzene rings is 2. The molecule has 0 aliphatic heterocycles. The Kier molecular flexibility index (Phi) is 10.0. The third kappa shape index (κ3) is 7.93. The number of anilines is 1. The van der Waals surface area contributed by atoms with Crippen LogP contribution in [0.5, 0.6) is 0 Å². The average Bonchev–Trinajstić information content (AvgIpc) is 2.89. The number of urea groups is 1. The molecule has 1 unspecified atom stereocenters. The lowest BCUT2D eigenvalue weighted by molar-refractivity contribution is 0.102. The average molecular weight is 552 g/mol. The van der Waals surface area contributed by atoms with E-state index < -0.39 is 42.6 Å². The van der Waals surface area contributed by atoms with Gasteiger partial charge in [-0.3, -0.25) is 5.32 Å². The Bertz CT molecular complexity index is 1310. The molecule has 1 aromatic heterocycles. The Balaban J connectivity index is 1.63. The fourth-order valence-electron chi connectivity index (χ4n) is 3.48. The minimum absolute atomic E-state index is 0.0947. The molecule has 4 N–H and O–H groups in total. The number of pyridine rings is 1. The second-order valence-electron chi connectivity index (χ2n) is 8.19. The molecular formula is C24H25ClF3N7O3. The maximum Gasteiger partial charge on any atom is 0.412 e. The van der Waals surface area contributed by atoms with Gasteiger partial charge in [0.05, 0.1) is 17.6 Å². The molecule has 0 aliphatic carbocycles. The number of nitrogens with two attached hydrogens (primary N) is 1. The Morgan fingerprint density at radius 1 is 1.21 bits per heavy atom. The summed E-state index contributed by atoms with van der Waals surface area (Å²) < 4.78 is 46.8. The number of nitrogens with one attached hydrogen (secondary N) is 2. The van der Waals surface area contributed by atoms with Gasteiger partial charge in [-0.25, -0.2) is 27.7 Å². The van der Waals surface area contributed by atoms with Crippen LogP contribution in [0.2, 0.25) is 5.02 Å². The van der Waals surface area contributed by atoms with E-state index in [4.69, 9.17) is 22.2 Å². The van der Waals surface area contributed by atoms with Gasteiger partial charge in [0, 0.05) is 31.6 Å². The summed E-state index contributed by atoms with van der Waals surface area (Å²) in [4.78, 5) is 30.3. The van der Waals surface area contributed by atoms with E-state index in [1.165, 1.54) is 43.6 Å². The Labute approximate surface area is 221 Å². The summed E-state index contributed by atoms with van der Waals surface area (Å²) in [5, 5.41) is 12.5. The zero-order chi connectivity index (χ0) is 27.7. The lowest BCUT2D eigenvalue weighted by Crippen LogP contribution is -2.47. The zero-order valence-electron chi connectivity index (χ0n) is 20.2. The molecule has 0 bridgehead atoms. The number of alkyl halides is 1. The number of halogens is 4. The lowest BCUT2D eigenvalue weighted by Gasteiger charge is -2.29. The highest BCUT2D eigenvalue weighted by Gasteiger charge is 2.26. The van der Waals surface area contributed by atoms with E-state index in [0.29, 0.717) is 16.3 Å². The molecule has 38 heavy (non-hydrogen) atoms. The van der Waals surface area contributed by atoms with E-state index in [1.54, 1.807) is 12.1 Å². The summed E-state index contributed by atoms with van der Waals surface area (Å²) in [7, 11) is 1.38. The number of ether oxygens (including phenoxy) is 1. The lowest BCUT2D eigenvalue weighted by atomic mass is 10.1. The number of rotatable bonds is 10. The van der Waals surface area contributed by atoms with Crippen molar-refractivity contribution in [2.75, 3.05) is 25.5 Å². The van der Waals surface area contributed by atoms with Gasteiger partial charge in [-0.1, -0.05) is 29.0 Å². The summed E-state index contributed by atoms with van der Waals surface area (Å²) in [6.45, 7) is -0.841. The number of likely N-dealkylation sites (N-methyl/N-ethyl adjacent to an activating group) is 1. The third-order valence-electron chi connectivity index (χ3n) is 5.54. The molecule has 3 amide bonds. The molecule has 202 valence electrons. The first kappa shape index (κ1) is 28.4. The van der Waals surface area contributed by atoms with Gasteiger partial charge in [0.2, 0.25) is 0 Å². The van der Waals surface area contributed by atoms with Gasteiger partial charge in [0.15, 0.2) is 0 Å². The van der Waals surface area contributed by atoms with Crippen LogP contribution in [0.15, 0.2) is 59.0 Å². The number of aromatic nitrogens is 1. The molecule has 0 fully saturated rings. The predicted molar refractivity (Wildman–Crippen MR) is 135 cm³/mol. The van der Waals surface area contributed by atoms with Crippen LogP contribution in [0.3, 0.4) is 0 Å². The van der Waals surface area contributed by atoms with Crippen molar-refractivity contribution in [3.05, 3.63) is 70.9 Å². The first-order valence-corrected chi connectivity index (χ1v) is 11.7. The highest BCUT2D eigenvalue weighted by molar-refractivity contribution is 6.31. The molecule has 3 aromatic rings. The number of fused-ring (bicyclic) bond motifs is 1. The van der Waals surface area contributed by atoms with Crippen LogP contribution >= 0.6 is 11.6 Å². The van der Waals surface area contributed by atoms with E-state index in [-0.39, 0.29) is 30.4 Å². The SMILES string of the molecule is CN(C(=O)NCc1cccc(F)c1Cl)[C@H](COC(=O)Nc1cc2cc(F)ccc2cn1)CC(F)CN=NN. The van der Waals surface area contributed by atoms with Crippen molar-refractivity contribution in [3.8, 4) is 0 Å². The Hall–Kier alpha value is -4.13. The fraction of sp³-hybridized carbons (Fsp3) is 0.292. The summed E-state index contributed by atoms with van der Waals surface area (Å²) in [6, 6.07) is 8.18. The maximum absolute atomic E-state index is 14.4. The molecular weight excluding hydrogens is 527 g/mol. The van der Waals surface area contributed by atoms with Crippen molar-refractivity contribution in [1.82, 2.24) is 15.2 Å². The second-order valence-corrected chi connectivity index (χ2v) is 8.57. The van der Waals surface area contributed by atoms with Crippen LogP contribution in [0.4, 0.5) is 28.6 Å². The van der Waals surface area contributed by atoms with Crippen LogP contribution in [0.1, 0.15) is 12.0 Å². The molecule has 0 saturated carbocycles. The van der Waals surface area contributed by atoms with Crippen molar-refractivity contribution in [2.45, 2.75) is 25.2 Å². The van der Waals surface area contributed by atoms with Crippen molar-refractivity contribution >= 4 is 40.3 Å². The molecule has 2 atom stereocenters. The molecule has 14 heteroatoms. The minimum atomic E-state index is -1.55. The van der Waals surface area contributed by atoms with Gasteiger partial charge < -0.3 is 20.8 Å². The first-order chi connectivity index (χ1) is 18.2. The van der Waals surface area contributed by atoms with E-state index in [2.05, 4.69) is 26.0 Å². The quantitative estimate of drug-likeness (QED) is 0.186. The molecule has 3 rings (SSSR count). The number of carbonyl (C=O) groups is 2. The molecule has 10 nitrogen and oxygen atoms in total. The van der Waals surface area contributed by atoms with Crippen LogP contribution < -0.4 is 16.5 Å². The molecule has 2 aromatic carbocycles. The Morgan fingerprint density at radius 2 is 2.00 bits per heavy atom. The van der Waals surface area contributed by atoms with Crippen molar-refractivity contribution in [3.63, 3.8) is 0 Å². The predicted octanol–water partition coefficient (Wildman–Crippen LogP) is 4.98. The van der Waals surface area contributed by atoms with Crippen LogP contribution in [0, 0.1) is 11.6 Å². The summed E-state index contributed by atoms with van der Waals surface area (Å²) in [5.41, 5.74) is 0.343. The van der Waals surface area contributed by atoms with Crippen molar-refractivity contribution < 1.29 is 27.5 Å². The molecule has 0 saturated heterocycles. The van der Waals surface area contributed by atoms with Gasteiger partial charge in [0.1, 0.15) is 30.2 Å². The normalized spacial score (nSPS) is 12.8. The first-order valence-electron chi connectivity index (χ1n) is 11.3. The number of carbonyl (C=O) groups excluding carboxylic acids is 2. The number of nitrogens with zero attached hydrogens (tertiary/aromatic N) is 4. The van der Waals surface area contributed by atoms with Crippen LogP contribution in [-0.2, 0) is 11.3 Å². The molecule has 0 spiro atoms. The highest BCUT2D eigenvalue weighted by Crippen LogP contribution is 2.20. The van der Waals surface area contributed by atoms with Crippen LogP contribution in [0.25, 0.3) is 10.8 Å². The van der Waals surface area contributed by atoms with E-state index in [0.717, 1.165) is 4.90 Å². The number of amides is 3. The topological polar surface area (TPSA) is 134 Å². The van der Waals surface area contributed by atoms with Gasteiger partial charge in [-0.2, -0.15) is 5.11 Å². The largest absolute Gasteiger partial charge is 0.447 e. The second kappa shape index (κ2) is 13.4. The molecule has 0 radical (unpaired) electrons. The van der Waals surface area contributed by atoms with Gasteiger partial charge >= 0.3 is 12.1 Å². The zero-order valence-corrected chi connectivity index (χ0v) is 21.0. The number of hydrogen-bond donors (Lipinski definition) is 3. The summed E-state index contributed by atoms with van der Waals surface area (Å²) >= 11 is 5.92. The summed E-state index contributed by atoms with van der Waals surface area (Å²) in [5.74, 6) is 3.95. The Morgan fingerprint density at radius 3 is 2.76 bits per heavy atom. The van der Waals surface area contributed by atoms with Gasteiger partial charge in [-0.15, -0.1) is 0 Å². The smallest absolute Gasteiger partial charge is 0.412 e. The van der Waals surface area contributed by atoms with Crippen LogP contribution in [-0.4, -0.2) is 54.4 Å². The third-order valence-corrected chi connectivity index (χ3v) is 5.96. The molecule has 1 heterocycles. The minimum Gasteiger partial charge on any atom is -0.447 e. The van der Waals surface area contributed by atoms with Gasteiger partial charge in [-0.05, 0) is 41.3 Å².